The van der Waals surface area contributed by atoms with Crippen molar-refractivity contribution < 1.29 is 4.74 Å². The lowest BCUT2D eigenvalue weighted by atomic mass is 10.2. The fourth-order valence-electron chi connectivity index (χ4n) is 3.68. The maximum atomic E-state index is 13.5. The van der Waals surface area contributed by atoms with Crippen LogP contribution in [0, 0.1) is 3.95 Å². The second kappa shape index (κ2) is 8.42. The molecule has 0 saturated carbocycles. The third kappa shape index (κ3) is 3.73. The Morgan fingerprint density at radius 1 is 0.935 bits per heavy atom. The van der Waals surface area contributed by atoms with Crippen LogP contribution in [0.3, 0.4) is 0 Å². The van der Waals surface area contributed by atoms with Gasteiger partial charge in [0, 0.05) is 4.47 Å². The summed E-state index contributed by atoms with van der Waals surface area (Å²) in [5.74, 6) is 0.780. The molecule has 7 heteroatoms. The molecule has 0 unspecified atom stereocenters. The van der Waals surface area contributed by atoms with E-state index in [-0.39, 0.29) is 5.56 Å². The van der Waals surface area contributed by atoms with Crippen LogP contribution in [0.15, 0.2) is 88.1 Å². The lowest BCUT2D eigenvalue weighted by molar-refractivity contribution is 0.298. The zero-order valence-electron chi connectivity index (χ0n) is 16.3. The predicted octanol–water partition coefficient (Wildman–Crippen LogP) is 6.55. The molecule has 0 aliphatic rings. The molecule has 0 aliphatic carbocycles. The van der Waals surface area contributed by atoms with Crippen LogP contribution in [-0.4, -0.2) is 15.6 Å². The van der Waals surface area contributed by atoms with Gasteiger partial charge in [0.05, 0.1) is 22.3 Å². The first kappa shape index (κ1) is 20.2. The van der Waals surface area contributed by atoms with Crippen molar-refractivity contribution in [1.82, 2.24) is 8.97 Å². The van der Waals surface area contributed by atoms with Crippen molar-refractivity contribution >= 4 is 56.0 Å². The zero-order valence-corrected chi connectivity index (χ0v) is 19.5. The number of halogens is 1. The SMILES string of the molecule is O=c1c2ccccc2n2c(=S)sc(-c3ccc(Br)cc3)c2n1CCOc1ccccc1. The summed E-state index contributed by atoms with van der Waals surface area (Å²) in [6.45, 7) is 0.789. The summed E-state index contributed by atoms with van der Waals surface area (Å²) < 4.78 is 11.4. The molecule has 31 heavy (non-hydrogen) atoms. The molecule has 0 saturated heterocycles. The van der Waals surface area contributed by atoms with Crippen molar-refractivity contribution in [1.29, 1.82) is 0 Å². The van der Waals surface area contributed by atoms with E-state index in [1.165, 1.54) is 11.3 Å². The fraction of sp³-hybridized carbons (Fsp3) is 0.0833. The van der Waals surface area contributed by atoms with Gasteiger partial charge in [-0.2, -0.15) is 0 Å². The van der Waals surface area contributed by atoms with Crippen LogP contribution in [0.2, 0.25) is 0 Å². The highest BCUT2D eigenvalue weighted by Crippen LogP contribution is 2.33. The lowest BCUT2D eigenvalue weighted by Crippen LogP contribution is -2.25. The van der Waals surface area contributed by atoms with Gasteiger partial charge in [-0.1, -0.05) is 58.4 Å². The first-order chi connectivity index (χ1) is 15.1. The van der Waals surface area contributed by atoms with Gasteiger partial charge < -0.3 is 4.74 Å². The second-order valence-corrected chi connectivity index (χ2v) is 9.56. The maximum Gasteiger partial charge on any atom is 0.261 e. The second-order valence-electron chi connectivity index (χ2n) is 7.00. The summed E-state index contributed by atoms with van der Waals surface area (Å²) in [5.41, 5.74) is 2.61. The van der Waals surface area contributed by atoms with Gasteiger partial charge in [-0.3, -0.25) is 13.8 Å². The minimum atomic E-state index is -0.0431. The largest absolute Gasteiger partial charge is 0.492 e. The Kier molecular flexibility index (Phi) is 5.48. The summed E-state index contributed by atoms with van der Waals surface area (Å²) in [6.07, 6.45) is 0. The Labute approximate surface area is 196 Å². The molecule has 0 fully saturated rings. The summed E-state index contributed by atoms with van der Waals surface area (Å²) in [5, 5.41) is 0.644. The van der Waals surface area contributed by atoms with Gasteiger partial charge in [0.15, 0.2) is 3.95 Å². The summed E-state index contributed by atoms with van der Waals surface area (Å²) >= 11 is 10.8. The molecule has 154 valence electrons. The molecule has 5 rings (SSSR count). The molecule has 0 aliphatic heterocycles. The first-order valence-electron chi connectivity index (χ1n) is 9.74. The van der Waals surface area contributed by atoms with Crippen molar-refractivity contribution in [2.45, 2.75) is 6.54 Å². The van der Waals surface area contributed by atoms with Gasteiger partial charge in [0.1, 0.15) is 18.0 Å². The molecule has 2 heterocycles. The average Bonchev–Trinajstić information content (AvgIpc) is 3.14. The lowest BCUT2D eigenvalue weighted by Gasteiger charge is -2.14. The summed E-state index contributed by atoms with van der Waals surface area (Å²) in [7, 11) is 0. The number of nitrogens with zero attached hydrogens (tertiary/aromatic N) is 2. The van der Waals surface area contributed by atoms with Gasteiger partial charge in [0.25, 0.3) is 5.56 Å². The molecule has 3 aromatic carbocycles. The highest BCUT2D eigenvalue weighted by atomic mass is 79.9. The molecule has 0 bridgehead atoms. The van der Waals surface area contributed by atoms with E-state index in [0.717, 1.165) is 31.8 Å². The van der Waals surface area contributed by atoms with Crippen molar-refractivity contribution in [3.8, 4) is 16.2 Å². The number of hydrogen-bond donors (Lipinski definition) is 0. The Morgan fingerprint density at radius 2 is 1.65 bits per heavy atom. The van der Waals surface area contributed by atoms with Gasteiger partial charge in [-0.25, -0.2) is 0 Å². The van der Waals surface area contributed by atoms with Crippen LogP contribution in [0.1, 0.15) is 0 Å². The van der Waals surface area contributed by atoms with Crippen LogP contribution >= 0.6 is 39.5 Å². The minimum Gasteiger partial charge on any atom is -0.492 e. The molecule has 0 spiro atoms. The van der Waals surface area contributed by atoms with Crippen LogP contribution in [0.5, 0.6) is 5.75 Å². The molecular formula is C24H17BrN2O2S2. The third-order valence-corrected chi connectivity index (χ3v) is 7.04. The Bertz CT molecular complexity index is 1500. The quantitative estimate of drug-likeness (QED) is 0.252. The Morgan fingerprint density at radius 3 is 2.42 bits per heavy atom. The summed E-state index contributed by atoms with van der Waals surface area (Å²) in [4.78, 5) is 14.5. The molecular weight excluding hydrogens is 492 g/mol. The smallest absolute Gasteiger partial charge is 0.261 e. The highest BCUT2D eigenvalue weighted by Gasteiger charge is 2.18. The van der Waals surface area contributed by atoms with Crippen LogP contribution in [-0.2, 0) is 6.54 Å². The van der Waals surface area contributed by atoms with E-state index >= 15 is 0 Å². The van der Waals surface area contributed by atoms with Crippen molar-refractivity contribution in [2.24, 2.45) is 0 Å². The minimum absolute atomic E-state index is 0.0431. The number of fused-ring (bicyclic) bond motifs is 3. The topological polar surface area (TPSA) is 35.6 Å². The first-order valence-corrected chi connectivity index (χ1v) is 11.8. The molecule has 4 nitrogen and oxygen atoms in total. The number of benzene rings is 3. The van der Waals surface area contributed by atoms with E-state index < -0.39 is 0 Å². The van der Waals surface area contributed by atoms with E-state index in [1.807, 2.05) is 83.3 Å². The number of aromatic nitrogens is 2. The van der Waals surface area contributed by atoms with Crippen molar-refractivity contribution in [3.63, 3.8) is 0 Å². The van der Waals surface area contributed by atoms with Crippen molar-refractivity contribution in [2.75, 3.05) is 6.61 Å². The number of hydrogen-bond acceptors (Lipinski definition) is 4. The molecule has 2 aromatic heterocycles. The number of rotatable bonds is 5. The standard InChI is InChI=1S/C24H17BrN2O2S2/c25-17-12-10-16(11-13-17)21-22-26(14-15-29-18-6-2-1-3-7-18)23(28)19-8-4-5-9-20(19)27(22)24(30)31-21/h1-13H,14-15H2. The van der Waals surface area contributed by atoms with E-state index in [2.05, 4.69) is 15.9 Å². The van der Waals surface area contributed by atoms with Gasteiger partial charge >= 0.3 is 0 Å². The maximum absolute atomic E-state index is 13.5. The molecule has 5 aromatic rings. The molecule has 0 radical (unpaired) electrons. The average molecular weight is 509 g/mol. The van der Waals surface area contributed by atoms with E-state index in [1.54, 1.807) is 4.57 Å². The van der Waals surface area contributed by atoms with E-state index in [0.29, 0.717) is 22.5 Å². The van der Waals surface area contributed by atoms with Gasteiger partial charge in [-0.15, -0.1) is 11.3 Å². The molecule has 0 N–H and O–H groups in total. The normalized spacial score (nSPS) is 11.3. The number of thiazole rings is 1. The van der Waals surface area contributed by atoms with Crippen LogP contribution in [0.4, 0.5) is 0 Å². The predicted molar refractivity (Wildman–Crippen MR) is 133 cm³/mol. The van der Waals surface area contributed by atoms with E-state index in [4.69, 9.17) is 17.0 Å². The highest BCUT2D eigenvalue weighted by molar-refractivity contribution is 9.10. The third-order valence-electron chi connectivity index (χ3n) is 5.10. The van der Waals surface area contributed by atoms with Gasteiger partial charge in [0.2, 0.25) is 0 Å². The fourth-order valence-corrected chi connectivity index (χ4v) is 5.38. The Balaban J connectivity index is 1.71. The van der Waals surface area contributed by atoms with Crippen molar-refractivity contribution in [3.05, 3.63) is 97.6 Å². The monoisotopic (exact) mass is 508 g/mol. The molecule has 0 amide bonds. The van der Waals surface area contributed by atoms with Gasteiger partial charge in [-0.05, 0) is 54.2 Å². The Hall–Kier alpha value is -2.74. The number of ether oxygens (including phenoxy) is 1. The molecule has 0 atom stereocenters. The summed E-state index contributed by atoms with van der Waals surface area (Å²) in [6, 6.07) is 25.3. The zero-order chi connectivity index (χ0) is 21.4. The van der Waals surface area contributed by atoms with Crippen LogP contribution in [0.25, 0.3) is 27.0 Å². The number of para-hydroxylation sites is 2. The van der Waals surface area contributed by atoms with Crippen LogP contribution < -0.4 is 10.3 Å². The van der Waals surface area contributed by atoms with E-state index in [9.17, 15) is 4.79 Å².